The number of alkyl halides is 3. The summed E-state index contributed by atoms with van der Waals surface area (Å²) >= 11 is 0. The molecule has 2 aromatic carbocycles. The van der Waals surface area contributed by atoms with Gasteiger partial charge in [0, 0.05) is 6.08 Å². The Labute approximate surface area is 153 Å². The zero-order valence-electron chi connectivity index (χ0n) is 14.3. The Morgan fingerprint density at radius 3 is 2.52 bits per heavy atom. The van der Waals surface area contributed by atoms with Crippen molar-refractivity contribution in [2.75, 3.05) is 6.61 Å². The van der Waals surface area contributed by atoms with Gasteiger partial charge in [-0.1, -0.05) is 30.3 Å². The third-order valence-corrected chi connectivity index (χ3v) is 3.42. The van der Waals surface area contributed by atoms with E-state index in [1.807, 2.05) is 19.1 Å². The topological polar surface area (TPSA) is 67.4 Å². The van der Waals surface area contributed by atoms with Gasteiger partial charge >= 0.3 is 6.18 Å². The van der Waals surface area contributed by atoms with E-state index in [-0.39, 0.29) is 12.2 Å². The number of ether oxygens (including phenoxy) is 1. The Hall–Kier alpha value is -3.29. The minimum atomic E-state index is -4.46. The molecule has 0 atom stereocenters. The number of carbonyl (C=O) groups excluding carboxylic acids is 2. The lowest BCUT2D eigenvalue weighted by Crippen LogP contribution is -2.43. The van der Waals surface area contributed by atoms with Gasteiger partial charge in [-0.3, -0.25) is 20.4 Å². The summed E-state index contributed by atoms with van der Waals surface area (Å²) < 4.78 is 43.2. The minimum absolute atomic E-state index is 0.203. The Morgan fingerprint density at radius 1 is 1.07 bits per heavy atom. The summed E-state index contributed by atoms with van der Waals surface area (Å²) in [6.45, 7) is 1.52. The predicted molar refractivity (Wildman–Crippen MR) is 93.4 cm³/mol. The van der Waals surface area contributed by atoms with Gasteiger partial charge < -0.3 is 4.74 Å². The SMILES string of the molecule is Cc1ccccc1OCC(=O)NNC(=O)/C=C/c1cccc(C(F)(F)F)c1. The molecule has 142 valence electrons. The molecule has 0 aromatic heterocycles. The van der Waals surface area contributed by atoms with Crippen LogP contribution in [0.2, 0.25) is 0 Å². The number of hydrogen-bond donors (Lipinski definition) is 2. The minimum Gasteiger partial charge on any atom is -0.483 e. The van der Waals surface area contributed by atoms with Crippen molar-refractivity contribution in [1.82, 2.24) is 10.9 Å². The first kappa shape index (κ1) is 20.0. The average Bonchev–Trinajstić information content (AvgIpc) is 2.63. The van der Waals surface area contributed by atoms with Crippen molar-refractivity contribution in [2.45, 2.75) is 13.1 Å². The number of para-hydroxylation sites is 1. The summed E-state index contributed by atoms with van der Waals surface area (Å²) in [5, 5.41) is 0. The average molecular weight is 378 g/mol. The van der Waals surface area contributed by atoms with Crippen LogP contribution in [0.5, 0.6) is 5.75 Å². The summed E-state index contributed by atoms with van der Waals surface area (Å²) in [4.78, 5) is 23.3. The molecule has 0 aliphatic carbocycles. The van der Waals surface area contributed by atoms with Crippen LogP contribution in [0, 0.1) is 6.92 Å². The first-order chi connectivity index (χ1) is 12.8. The highest BCUT2D eigenvalue weighted by Gasteiger charge is 2.30. The Bertz CT molecular complexity index is 848. The number of benzene rings is 2. The third kappa shape index (κ3) is 6.50. The van der Waals surface area contributed by atoms with Crippen LogP contribution >= 0.6 is 0 Å². The van der Waals surface area contributed by atoms with Gasteiger partial charge in [-0.2, -0.15) is 13.2 Å². The molecular weight excluding hydrogens is 361 g/mol. The molecule has 0 spiro atoms. The lowest BCUT2D eigenvalue weighted by atomic mass is 10.1. The van der Waals surface area contributed by atoms with Crippen molar-refractivity contribution in [1.29, 1.82) is 0 Å². The molecule has 2 N–H and O–H groups in total. The van der Waals surface area contributed by atoms with Gasteiger partial charge in [0.25, 0.3) is 11.8 Å². The molecule has 2 amide bonds. The predicted octanol–water partition coefficient (Wildman–Crippen LogP) is 3.25. The monoisotopic (exact) mass is 378 g/mol. The van der Waals surface area contributed by atoms with Crippen molar-refractivity contribution >= 4 is 17.9 Å². The van der Waals surface area contributed by atoms with E-state index in [1.165, 1.54) is 18.2 Å². The maximum atomic E-state index is 12.6. The quantitative estimate of drug-likeness (QED) is 0.620. The molecule has 2 rings (SSSR count). The zero-order valence-corrected chi connectivity index (χ0v) is 14.3. The maximum Gasteiger partial charge on any atom is 0.416 e. The van der Waals surface area contributed by atoms with Crippen LogP contribution in [0.25, 0.3) is 6.08 Å². The van der Waals surface area contributed by atoms with Gasteiger partial charge in [-0.25, -0.2) is 0 Å². The Kier molecular flexibility index (Phi) is 6.59. The molecule has 0 heterocycles. The highest BCUT2D eigenvalue weighted by Crippen LogP contribution is 2.29. The van der Waals surface area contributed by atoms with Crippen molar-refractivity contribution in [3.8, 4) is 5.75 Å². The van der Waals surface area contributed by atoms with E-state index in [0.717, 1.165) is 23.8 Å². The summed E-state index contributed by atoms with van der Waals surface area (Å²) in [7, 11) is 0. The number of hydrogen-bond acceptors (Lipinski definition) is 3. The van der Waals surface area contributed by atoms with Crippen LogP contribution in [-0.4, -0.2) is 18.4 Å². The second-order valence-electron chi connectivity index (χ2n) is 5.55. The van der Waals surface area contributed by atoms with E-state index >= 15 is 0 Å². The van der Waals surface area contributed by atoms with Crippen LogP contribution in [0.4, 0.5) is 13.2 Å². The molecule has 0 aliphatic rings. The lowest BCUT2D eigenvalue weighted by molar-refractivity contribution is -0.137. The highest BCUT2D eigenvalue weighted by molar-refractivity contribution is 5.93. The molecule has 0 saturated heterocycles. The first-order valence-corrected chi connectivity index (χ1v) is 7.88. The number of nitrogens with one attached hydrogen (secondary N) is 2. The fraction of sp³-hybridized carbons (Fsp3) is 0.158. The van der Waals surface area contributed by atoms with Crippen molar-refractivity contribution in [3.05, 3.63) is 71.3 Å². The lowest BCUT2D eigenvalue weighted by Gasteiger charge is -2.09. The summed E-state index contributed by atoms with van der Waals surface area (Å²) in [5.41, 5.74) is 4.52. The number of carbonyl (C=O) groups is 2. The Morgan fingerprint density at radius 2 is 1.81 bits per heavy atom. The largest absolute Gasteiger partial charge is 0.483 e. The third-order valence-electron chi connectivity index (χ3n) is 3.42. The summed E-state index contributed by atoms with van der Waals surface area (Å²) in [5.74, 6) is -0.737. The first-order valence-electron chi connectivity index (χ1n) is 7.88. The van der Waals surface area contributed by atoms with Gasteiger partial charge in [0.1, 0.15) is 5.75 Å². The number of hydrazine groups is 1. The molecular formula is C19H17F3N2O3. The van der Waals surface area contributed by atoms with E-state index in [0.29, 0.717) is 5.75 Å². The van der Waals surface area contributed by atoms with E-state index < -0.39 is 23.6 Å². The molecule has 0 radical (unpaired) electrons. The molecule has 0 unspecified atom stereocenters. The molecule has 0 bridgehead atoms. The molecule has 27 heavy (non-hydrogen) atoms. The van der Waals surface area contributed by atoms with Crippen LogP contribution in [0.3, 0.4) is 0 Å². The highest BCUT2D eigenvalue weighted by atomic mass is 19.4. The van der Waals surface area contributed by atoms with Gasteiger partial charge in [0.15, 0.2) is 6.61 Å². The van der Waals surface area contributed by atoms with Crippen LogP contribution in [0.1, 0.15) is 16.7 Å². The number of rotatable bonds is 5. The maximum absolute atomic E-state index is 12.6. The molecule has 5 nitrogen and oxygen atoms in total. The van der Waals surface area contributed by atoms with Crippen LogP contribution in [0.15, 0.2) is 54.6 Å². The second-order valence-corrected chi connectivity index (χ2v) is 5.55. The van der Waals surface area contributed by atoms with Gasteiger partial charge in [-0.05, 0) is 42.3 Å². The summed E-state index contributed by atoms with van der Waals surface area (Å²) in [6, 6.07) is 11.6. The number of aryl methyl sites for hydroxylation is 1. The van der Waals surface area contributed by atoms with Crippen LogP contribution in [-0.2, 0) is 15.8 Å². The van der Waals surface area contributed by atoms with Crippen LogP contribution < -0.4 is 15.6 Å². The number of halogens is 3. The standard InChI is InChI=1S/C19H17F3N2O3/c1-13-5-2-3-8-16(13)27-12-18(26)24-23-17(25)10-9-14-6-4-7-15(11-14)19(20,21)22/h2-11H,12H2,1H3,(H,23,25)(H,24,26)/b10-9+. The van der Waals surface area contributed by atoms with E-state index in [9.17, 15) is 22.8 Å². The molecule has 0 saturated carbocycles. The van der Waals surface area contributed by atoms with Gasteiger partial charge in [0.05, 0.1) is 5.56 Å². The van der Waals surface area contributed by atoms with Gasteiger partial charge in [-0.15, -0.1) is 0 Å². The van der Waals surface area contributed by atoms with Crippen molar-refractivity contribution in [3.63, 3.8) is 0 Å². The second kappa shape index (κ2) is 8.88. The molecule has 0 aliphatic heterocycles. The molecule has 8 heteroatoms. The van der Waals surface area contributed by atoms with E-state index in [4.69, 9.17) is 4.74 Å². The fourth-order valence-corrected chi connectivity index (χ4v) is 2.06. The fourth-order valence-electron chi connectivity index (χ4n) is 2.06. The van der Waals surface area contributed by atoms with E-state index in [1.54, 1.807) is 12.1 Å². The smallest absolute Gasteiger partial charge is 0.416 e. The van der Waals surface area contributed by atoms with E-state index in [2.05, 4.69) is 10.9 Å². The zero-order chi connectivity index (χ0) is 19.9. The molecule has 2 aromatic rings. The number of amides is 2. The van der Waals surface area contributed by atoms with Gasteiger partial charge in [0.2, 0.25) is 0 Å². The molecule has 0 fully saturated rings. The Balaban J connectivity index is 1.81. The van der Waals surface area contributed by atoms with Crippen molar-refractivity contribution < 1.29 is 27.5 Å². The normalized spacial score (nSPS) is 11.3. The summed E-state index contributed by atoms with van der Waals surface area (Å²) in [6.07, 6.45) is -2.24. The van der Waals surface area contributed by atoms with Crippen molar-refractivity contribution in [2.24, 2.45) is 0 Å².